The lowest BCUT2D eigenvalue weighted by Gasteiger charge is -2.19. The Hall–Kier alpha value is -3.66. The Morgan fingerprint density at radius 2 is 1.61 bits per heavy atom. The number of anilines is 1. The van der Waals surface area contributed by atoms with E-state index in [9.17, 15) is 9.59 Å². The molecule has 156 valence electrons. The summed E-state index contributed by atoms with van der Waals surface area (Å²) < 4.78 is 5.99. The van der Waals surface area contributed by atoms with E-state index in [-0.39, 0.29) is 16.8 Å². The maximum Gasteiger partial charge on any atom is 0.255 e. The summed E-state index contributed by atoms with van der Waals surface area (Å²) in [6, 6.07) is 22.0. The number of amides is 1. The van der Waals surface area contributed by atoms with Crippen molar-refractivity contribution in [3.63, 3.8) is 0 Å². The fourth-order valence-corrected chi connectivity index (χ4v) is 3.54. The first-order chi connectivity index (χ1) is 14.7. The van der Waals surface area contributed by atoms with E-state index in [1.54, 1.807) is 18.2 Å². The summed E-state index contributed by atoms with van der Waals surface area (Å²) in [6.07, 6.45) is 0. The lowest BCUT2D eigenvalue weighted by atomic mass is 9.87. The molecule has 1 aromatic heterocycles. The number of carbonyl (C=O) groups is 1. The summed E-state index contributed by atoms with van der Waals surface area (Å²) >= 11 is 0. The van der Waals surface area contributed by atoms with Crippen molar-refractivity contribution in [3.8, 4) is 11.3 Å². The van der Waals surface area contributed by atoms with Gasteiger partial charge in [-0.05, 0) is 53.8 Å². The average molecular weight is 412 g/mol. The van der Waals surface area contributed by atoms with Crippen LogP contribution in [0.5, 0.6) is 0 Å². The van der Waals surface area contributed by atoms with E-state index in [2.05, 4.69) is 26.1 Å². The Balaban J connectivity index is 1.62. The maximum absolute atomic E-state index is 12.8. The van der Waals surface area contributed by atoms with Crippen molar-refractivity contribution < 1.29 is 9.21 Å². The molecule has 0 aliphatic carbocycles. The number of carbonyl (C=O) groups excluding carboxylic acids is 1. The molecule has 4 heteroatoms. The standard InChI is InChI=1S/C27H25NO3/c1-17-7-5-6-8-21(17)25-16-23(29)22-15-20(13-14-24(22)31-25)28-26(30)18-9-11-19(12-10-18)27(2,3)4/h5-16H,1-4H3,(H,28,30). The Morgan fingerprint density at radius 1 is 0.903 bits per heavy atom. The van der Waals surface area contributed by atoms with Gasteiger partial charge in [0.05, 0.1) is 5.39 Å². The molecule has 0 saturated carbocycles. The minimum absolute atomic E-state index is 0.0263. The van der Waals surface area contributed by atoms with Crippen LogP contribution in [0.3, 0.4) is 0 Å². The SMILES string of the molecule is Cc1ccccc1-c1cc(=O)c2cc(NC(=O)c3ccc(C(C)(C)C)cc3)ccc2o1. The number of hydrogen-bond acceptors (Lipinski definition) is 3. The van der Waals surface area contributed by atoms with Crippen molar-refractivity contribution in [1.82, 2.24) is 0 Å². The summed E-state index contributed by atoms with van der Waals surface area (Å²) in [4.78, 5) is 25.4. The summed E-state index contributed by atoms with van der Waals surface area (Å²) in [5.74, 6) is 0.312. The van der Waals surface area contributed by atoms with Gasteiger partial charge >= 0.3 is 0 Å². The predicted molar refractivity (Wildman–Crippen MR) is 126 cm³/mol. The number of aryl methyl sites for hydroxylation is 1. The van der Waals surface area contributed by atoms with E-state index in [0.717, 1.165) is 16.7 Å². The van der Waals surface area contributed by atoms with Crippen LogP contribution in [0.4, 0.5) is 5.69 Å². The van der Waals surface area contributed by atoms with Crippen LogP contribution in [-0.4, -0.2) is 5.91 Å². The molecule has 4 rings (SSSR count). The van der Waals surface area contributed by atoms with Gasteiger partial charge in [0.2, 0.25) is 0 Å². The smallest absolute Gasteiger partial charge is 0.255 e. The van der Waals surface area contributed by atoms with Gasteiger partial charge in [-0.25, -0.2) is 0 Å². The highest BCUT2D eigenvalue weighted by Crippen LogP contribution is 2.27. The molecule has 1 heterocycles. The molecule has 0 bridgehead atoms. The third-order valence-electron chi connectivity index (χ3n) is 5.41. The van der Waals surface area contributed by atoms with E-state index >= 15 is 0 Å². The first kappa shape index (κ1) is 20.6. The van der Waals surface area contributed by atoms with Crippen molar-refractivity contribution in [2.75, 3.05) is 5.32 Å². The molecule has 1 amide bonds. The third kappa shape index (κ3) is 4.29. The van der Waals surface area contributed by atoms with E-state index in [4.69, 9.17) is 4.42 Å². The van der Waals surface area contributed by atoms with Crippen molar-refractivity contribution in [1.29, 1.82) is 0 Å². The van der Waals surface area contributed by atoms with E-state index < -0.39 is 0 Å². The van der Waals surface area contributed by atoms with Crippen molar-refractivity contribution >= 4 is 22.6 Å². The molecule has 0 aliphatic heterocycles. The van der Waals surface area contributed by atoms with E-state index in [0.29, 0.717) is 28.0 Å². The van der Waals surface area contributed by atoms with Crippen LogP contribution in [0.1, 0.15) is 42.3 Å². The largest absolute Gasteiger partial charge is 0.456 e. The lowest BCUT2D eigenvalue weighted by molar-refractivity contribution is 0.102. The average Bonchev–Trinajstić information content (AvgIpc) is 2.74. The molecule has 0 saturated heterocycles. The van der Waals surface area contributed by atoms with Crippen LogP contribution in [0.15, 0.2) is 82.0 Å². The van der Waals surface area contributed by atoms with Gasteiger partial charge in [0.15, 0.2) is 5.43 Å². The van der Waals surface area contributed by atoms with Crippen LogP contribution in [0.25, 0.3) is 22.3 Å². The Labute approximate surface area is 181 Å². The van der Waals surface area contributed by atoms with Gasteiger partial charge in [0.1, 0.15) is 11.3 Å². The summed E-state index contributed by atoms with van der Waals surface area (Å²) in [5.41, 5.74) is 4.56. The fourth-order valence-electron chi connectivity index (χ4n) is 3.54. The highest BCUT2D eigenvalue weighted by atomic mass is 16.3. The Kier molecular flexibility index (Phi) is 5.24. The van der Waals surface area contributed by atoms with Crippen LogP contribution >= 0.6 is 0 Å². The van der Waals surface area contributed by atoms with E-state index in [1.165, 1.54) is 6.07 Å². The second-order valence-electron chi connectivity index (χ2n) is 8.78. The lowest BCUT2D eigenvalue weighted by Crippen LogP contribution is -2.14. The van der Waals surface area contributed by atoms with Crippen LogP contribution in [0.2, 0.25) is 0 Å². The fraction of sp³-hybridized carbons (Fsp3) is 0.185. The molecule has 4 aromatic rings. The predicted octanol–water partition coefficient (Wildman–Crippen LogP) is 6.32. The number of rotatable bonds is 3. The molecule has 3 aromatic carbocycles. The minimum Gasteiger partial charge on any atom is -0.456 e. The zero-order chi connectivity index (χ0) is 22.2. The minimum atomic E-state index is -0.222. The molecule has 0 atom stereocenters. The maximum atomic E-state index is 12.8. The van der Waals surface area contributed by atoms with Crippen molar-refractivity contribution in [2.45, 2.75) is 33.1 Å². The van der Waals surface area contributed by atoms with Gasteiger partial charge in [-0.3, -0.25) is 9.59 Å². The molecule has 0 radical (unpaired) electrons. The molecule has 0 spiro atoms. The van der Waals surface area contributed by atoms with Crippen molar-refractivity contribution in [2.24, 2.45) is 0 Å². The first-order valence-corrected chi connectivity index (χ1v) is 10.3. The molecular weight excluding hydrogens is 386 g/mol. The van der Waals surface area contributed by atoms with Crippen LogP contribution in [0, 0.1) is 6.92 Å². The van der Waals surface area contributed by atoms with Gasteiger partial charge in [-0.15, -0.1) is 0 Å². The number of fused-ring (bicyclic) bond motifs is 1. The summed E-state index contributed by atoms with van der Waals surface area (Å²) in [5, 5.41) is 3.30. The molecule has 0 fully saturated rings. The second kappa shape index (κ2) is 7.88. The molecular formula is C27H25NO3. The summed E-state index contributed by atoms with van der Waals surface area (Å²) in [6.45, 7) is 8.37. The van der Waals surface area contributed by atoms with Gasteiger partial charge < -0.3 is 9.73 Å². The number of hydrogen-bond donors (Lipinski definition) is 1. The van der Waals surface area contributed by atoms with Gasteiger partial charge in [-0.2, -0.15) is 0 Å². The number of nitrogens with one attached hydrogen (secondary N) is 1. The van der Waals surface area contributed by atoms with Gasteiger partial charge in [0, 0.05) is 22.9 Å². The summed E-state index contributed by atoms with van der Waals surface area (Å²) in [7, 11) is 0. The molecule has 31 heavy (non-hydrogen) atoms. The highest BCUT2D eigenvalue weighted by Gasteiger charge is 2.15. The zero-order valence-corrected chi connectivity index (χ0v) is 18.2. The highest BCUT2D eigenvalue weighted by molar-refractivity contribution is 6.05. The number of benzene rings is 3. The first-order valence-electron chi connectivity index (χ1n) is 10.3. The van der Waals surface area contributed by atoms with Crippen molar-refractivity contribution in [3.05, 3.63) is 99.7 Å². The Bertz CT molecular complexity index is 1330. The molecule has 0 aliphatic rings. The monoisotopic (exact) mass is 411 g/mol. The normalized spacial score (nSPS) is 11.5. The third-order valence-corrected chi connectivity index (χ3v) is 5.41. The van der Waals surface area contributed by atoms with Gasteiger partial charge in [-0.1, -0.05) is 57.2 Å². The van der Waals surface area contributed by atoms with Gasteiger partial charge in [0.25, 0.3) is 5.91 Å². The van der Waals surface area contributed by atoms with Crippen LogP contribution < -0.4 is 10.7 Å². The quantitative estimate of drug-likeness (QED) is 0.429. The van der Waals surface area contributed by atoms with E-state index in [1.807, 2.05) is 55.5 Å². The molecule has 4 nitrogen and oxygen atoms in total. The Morgan fingerprint density at radius 3 is 2.29 bits per heavy atom. The topological polar surface area (TPSA) is 59.3 Å². The second-order valence-corrected chi connectivity index (χ2v) is 8.78. The molecule has 0 unspecified atom stereocenters. The zero-order valence-electron chi connectivity index (χ0n) is 18.2. The molecule has 1 N–H and O–H groups in total. The van der Waals surface area contributed by atoms with Crippen LogP contribution in [-0.2, 0) is 5.41 Å².